The summed E-state index contributed by atoms with van der Waals surface area (Å²) < 4.78 is 11.0. The molecule has 0 aromatic carbocycles. The van der Waals surface area contributed by atoms with E-state index in [0.717, 1.165) is 51.7 Å². The van der Waals surface area contributed by atoms with Crippen molar-refractivity contribution in [3.8, 4) is 0 Å². The molecule has 5 heteroatoms. The molecular formula is C24H50N2O3. The SMILES string of the molecule is CCCCCCCCCCCCOCCCCCCOC(=O)[C@@H](N)CCCCN. The molecule has 174 valence electrons. The Morgan fingerprint density at radius 3 is 1.69 bits per heavy atom. The molecule has 0 aliphatic heterocycles. The molecule has 0 bridgehead atoms. The Morgan fingerprint density at radius 1 is 0.690 bits per heavy atom. The van der Waals surface area contributed by atoms with E-state index in [1.807, 2.05) is 0 Å². The molecule has 0 unspecified atom stereocenters. The average molecular weight is 415 g/mol. The van der Waals surface area contributed by atoms with Crippen LogP contribution >= 0.6 is 0 Å². The lowest BCUT2D eigenvalue weighted by Gasteiger charge is -2.11. The number of hydrogen-bond donors (Lipinski definition) is 2. The van der Waals surface area contributed by atoms with Gasteiger partial charge in [0.1, 0.15) is 6.04 Å². The minimum atomic E-state index is -0.499. The standard InChI is InChI=1S/C24H50N2O3/c1-2-3-4-5-6-7-8-9-10-15-20-28-21-16-11-12-17-22-29-24(27)23(26)18-13-14-19-25/h23H,2-22,25-26H2,1H3/t23-/m0/s1. The minimum Gasteiger partial charge on any atom is -0.465 e. The molecule has 0 spiro atoms. The van der Waals surface area contributed by atoms with E-state index in [1.54, 1.807) is 0 Å². The summed E-state index contributed by atoms with van der Waals surface area (Å²) in [5.41, 5.74) is 11.2. The highest BCUT2D eigenvalue weighted by Crippen LogP contribution is 2.10. The number of carbonyl (C=O) groups excluding carboxylic acids is 1. The van der Waals surface area contributed by atoms with Crippen LogP contribution in [0.2, 0.25) is 0 Å². The lowest BCUT2D eigenvalue weighted by molar-refractivity contribution is -0.145. The number of hydrogen-bond acceptors (Lipinski definition) is 5. The first-order valence-electron chi connectivity index (χ1n) is 12.4. The van der Waals surface area contributed by atoms with Crippen LogP contribution in [0.1, 0.15) is 116 Å². The molecule has 0 aliphatic carbocycles. The summed E-state index contributed by atoms with van der Waals surface area (Å²) in [6, 6.07) is -0.499. The lowest BCUT2D eigenvalue weighted by Crippen LogP contribution is -2.32. The van der Waals surface area contributed by atoms with Crippen LogP contribution in [-0.2, 0) is 14.3 Å². The lowest BCUT2D eigenvalue weighted by atomic mass is 10.1. The molecule has 0 aromatic rings. The molecule has 0 aliphatic rings. The van der Waals surface area contributed by atoms with Gasteiger partial charge < -0.3 is 20.9 Å². The van der Waals surface area contributed by atoms with Gasteiger partial charge in [-0.1, -0.05) is 77.6 Å². The van der Waals surface area contributed by atoms with Gasteiger partial charge in [-0.25, -0.2) is 0 Å². The summed E-state index contributed by atoms with van der Waals surface area (Å²) in [7, 11) is 0. The maximum Gasteiger partial charge on any atom is 0.322 e. The smallest absolute Gasteiger partial charge is 0.322 e. The summed E-state index contributed by atoms with van der Waals surface area (Å²) in [5, 5.41) is 0. The highest BCUT2D eigenvalue weighted by molar-refractivity contribution is 5.75. The van der Waals surface area contributed by atoms with E-state index in [2.05, 4.69) is 6.92 Å². The third-order valence-corrected chi connectivity index (χ3v) is 5.34. The maximum atomic E-state index is 11.7. The molecule has 0 heterocycles. The molecule has 5 nitrogen and oxygen atoms in total. The predicted molar refractivity (Wildman–Crippen MR) is 123 cm³/mol. The van der Waals surface area contributed by atoms with Crippen LogP contribution in [0.5, 0.6) is 0 Å². The highest BCUT2D eigenvalue weighted by Gasteiger charge is 2.13. The number of unbranched alkanes of at least 4 members (excludes halogenated alkanes) is 13. The van der Waals surface area contributed by atoms with Crippen LogP contribution in [-0.4, -0.2) is 38.4 Å². The van der Waals surface area contributed by atoms with Crippen molar-refractivity contribution in [3.63, 3.8) is 0 Å². The minimum absolute atomic E-state index is 0.276. The molecule has 0 saturated carbocycles. The van der Waals surface area contributed by atoms with Crippen molar-refractivity contribution < 1.29 is 14.3 Å². The zero-order valence-corrected chi connectivity index (χ0v) is 19.3. The van der Waals surface area contributed by atoms with Gasteiger partial charge in [0, 0.05) is 13.2 Å². The van der Waals surface area contributed by atoms with Gasteiger partial charge in [-0.2, -0.15) is 0 Å². The van der Waals surface area contributed by atoms with Gasteiger partial charge in [0.05, 0.1) is 6.61 Å². The average Bonchev–Trinajstić information content (AvgIpc) is 2.72. The van der Waals surface area contributed by atoms with Crippen molar-refractivity contribution in [2.24, 2.45) is 11.5 Å². The molecule has 0 fully saturated rings. The number of esters is 1. The highest BCUT2D eigenvalue weighted by atomic mass is 16.5. The molecule has 0 saturated heterocycles. The molecule has 0 rings (SSSR count). The Balaban J connectivity index is 3.17. The first-order chi connectivity index (χ1) is 14.2. The third kappa shape index (κ3) is 21.9. The summed E-state index contributed by atoms with van der Waals surface area (Å²) >= 11 is 0. The fraction of sp³-hybridized carbons (Fsp3) is 0.958. The van der Waals surface area contributed by atoms with E-state index in [-0.39, 0.29) is 5.97 Å². The fourth-order valence-electron chi connectivity index (χ4n) is 3.36. The van der Waals surface area contributed by atoms with Crippen molar-refractivity contribution >= 4 is 5.97 Å². The second kappa shape index (κ2) is 23.6. The van der Waals surface area contributed by atoms with Crippen LogP contribution in [0, 0.1) is 0 Å². The van der Waals surface area contributed by atoms with Gasteiger partial charge in [0.25, 0.3) is 0 Å². The van der Waals surface area contributed by atoms with Gasteiger partial charge in [-0.15, -0.1) is 0 Å². The van der Waals surface area contributed by atoms with Crippen molar-refractivity contribution in [3.05, 3.63) is 0 Å². The second-order valence-corrected chi connectivity index (χ2v) is 8.27. The van der Waals surface area contributed by atoms with Crippen molar-refractivity contribution in [2.45, 2.75) is 122 Å². The molecule has 29 heavy (non-hydrogen) atoms. The number of ether oxygens (including phenoxy) is 2. The molecule has 0 radical (unpaired) electrons. The van der Waals surface area contributed by atoms with Crippen molar-refractivity contribution in [1.82, 2.24) is 0 Å². The first kappa shape index (κ1) is 28.4. The van der Waals surface area contributed by atoms with Crippen LogP contribution in [0.3, 0.4) is 0 Å². The largest absolute Gasteiger partial charge is 0.465 e. The van der Waals surface area contributed by atoms with Gasteiger partial charge in [-0.3, -0.25) is 4.79 Å². The van der Waals surface area contributed by atoms with Gasteiger partial charge in [0.15, 0.2) is 0 Å². The molecule has 1 atom stereocenters. The van der Waals surface area contributed by atoms with Gasteiger partial charge in [-0.05, 0) is 45.1 Å². The van der Waals surface area contributed by atoms with Gasteiger partial charge in [0.2, 0.25) is 0 Å². The fourth-order valence-corrected chi connectivity index (χ4v) is 3.36. The summed E-state index contributed by atoms with van der Waals surface area (Å²) in [6.07, 6.45) is 20.2. The number of rotatable bonds is 23. The van der Waals surface area contributed by atoms with E-state index in [0.29, 0.717) is 19.6 Å². The normalized spacial score (nSPS) is 12.2. The second-order valence-electron chi connectivity index (χ2n) is 8.27. The van der Waals surface area contributed by atoms with Gasteiger partial charge >= 0.3 is 5.97 Å². The summed E-state index contributed by atoms with van der Waals surface area (Å²) in [4.78, 5) is 11.7. The van der Waals surface area contributed by atoms with Crippen LogP contribution in [0.4, 0.5) is 0 Å². The zero-order chi connectivity index (χ0) is 21.4. The molecule has 4 N–H and O–H groups in total. The van der Waals surface area contributed by atoms with Crippen molar-refractivity contribution in [1.29, 1.82) is 0 Å². The third-order valence-electron chi connectivity index (χ3n) is 5.34. The topological polar surface area (TPSA) is 87.6 Å². The molecule has 0 aromatic heterocycles. The van der Waals surface area contributed by atoms with E-state index >= 15 is 0 Å². The monoisotopic (exact) mass is 414 g/mol. The molecular weight excluding hydrogens is 364 g/mol. The van der Waals surface area contributed by atoms with E-state index < -0.39 is 6.04 Å². The van der Waals surface area contributed by atoms with Crippen molar-refractivity contribution in [2.75, 3.05) is 26.4 Å². The van der Waals surface area contributed by atoms with Crippen LogP contribution in [0.15, 0.2) is 0 Å². The Bertz CT molecular complexity index is 340. The van der Waals surface area contributed by atoms with Crippen LogP contribution < -0.4 is 11.5 Å². The predicted octanol–water partition coefficient (Wildman–Crippen LogP) is 5.48. The van der Waals surface area contributed by atoms with E-state index in [4.69, 9.17) is 20.9 Å². The summed E-state index contributed by atoms with van der Waals surface area (Å²) in [5.74, 6) is -0.276. The Hall–Kier alpha value is -0.650. The number of nitrogens with two attached hydrogens (primary N) is 2. The Morgan fingerprint density at radius 2 is 1.17 bits per heavy atom. The Labute approximate surface area is 180 Å². The van der Waals surface area contributed by atoms with Crippen LogP contribution in [0.25, 0.3) is 0 Å². The zero-order valence-electron chi connectivity index (χ0n) is 19.3. The number of carbonyl (C=O) groups is 1. The quantitative estimate of drug-likeness (QED) is 0.171. The first-order valence-corrected chi connectivity index (χ1v) is 12.4. The van der Waals surface area contributed by atoms with E-state index in [9.17, 15) is 4.79 Å². The molecule has 0 amide bonds. The van der Waals surface area contributed by atoms with E-state index in [1.165, 1.54) is 64.2 Å². The Kier molecular flexibility index (Phi) is 23.1. The maximum absolute atomic E-state index is 11.7. The summed E-state index contributed by atoms with van der Waals surface area (Å²) in [6.45, 7) is 5.14.